The minimum absolute atomic E-state index is 0.587. The van der Waals surface area contributed by atoms with E-state index in [1.807, 2.05) is 48.5 Å². The van der Waals surface area contributed by atoms with E-state index in [1.54, 1.807) is 33.3 Å². The number of hydrogen-bond donors (Lipinski definition) is 1. The van der Waals surface area contributed by atoms with Gasteiger partial charge in [0, 0.05) is 4.90 Å². The van der Waals surface area contributed by atoms with Crippen LogP contribution in [0.25, 0.3) is 12.2 Å². The first-order valence-corrected chi connectivity index (χ1v) is 9.62. The predicted octanol–water partition coefficient (Wildman–Crippen LogP) is 6.00. The minimum atomic E-state index is 0.587. The molecule has 4 nitrogen and oxygen atoms in total. The van der Waals surface area contributed by atoms with Gasteiger partial charge in [-0.15, -0.1) is 0 Å². The highest BCUT2D eigenvalue weighted by molar-refractivity contribution is 8.00. The summed E-state index contributed by atoms with van der Waals surface area (Å²) < 4.78 is 19.7. The molecule has 0 bridgehead atoms. The number of rotatable bonds is 8. The van der Waals surface area contributed by atoms with Gasteiger partial charge in [-0.3, -0.25) is 0 Å². The fourth-order valence-corrected chi connectivity index (χ4v) is 3.43. The maximum atomic E-state index is 5.43. The van der Waals surface area contributed by atoms with Gasteiger partial charge in [0.05, 0.1) is 27.0 Å². The second-order valence-electron chi connectivity index (χ2n) is 5.90. The molecule has 0 aliphatic carbocycles. The molecule has 28 heavy (non-hydrogen) atoms. The van der Waals surface area contributed by atoms with E-state index in [9.17, 15) is 0 Å². The first kappa shape index (κ1) is 19.7. The van der Waals surface area contributed by atoms with E-state index in [0.29, 0.717) is 17.2 Å². The van der Waals surface area contributed by atoms with Gasteiger partial charge in [0.15, 0.2) is 11.5 Å². The van der Waals surface area contributed by atoms with Crippen LogP contribution in [-0.2, 0) is 0 Å². The first-order valence-electron chi connectivity index (χ1n) is 8.80. The fourth-order valence-electron chi connectivity index (χ4n) is 2.72. The van der Waals surface area contributed by atoms with Crippen LogP contribution in [0.1, 0.15) is 11.1 Å². The fraction of sp³-hybridized carbons (Fsp3) is 0.130. The van der Waals surface area contributed by atoms with Crippen LogP contribution in [-0.4, -0.2) is 21.3 Å². The molecule has 0 unspecified atom stereocenters. The number of hydrogen-bond acceptors (Lipinski definition) is 5. The Kier molecular flexibility index (Phi) is 6.87. The topological polar surface area (TPSA) is 39.7 Å². The molecule has 1 N–H and O–H groups in total. The van der Waals surface area contributed by atoms with Gasteiger partial charge >= 0.3 is 0 Å². The summed E-state index contributed by atoms with van der Waals surface area (Å²) in [6.07, 6.45) is 4.09. The monoisotopic (exact) mass is 393 g/mol. The number of ether oxygens (including phenoxy) is 3. The van der Waals surface area contributed by atoms with E-state index < -0.39 is 0 Å². The van der Waals surface area contributed by atoms with Crippen molar-refractivity contribution >= 4 is 29.8 Å². The van der Waals surface area contributed by atoms with Crippen molar-refractivity contribution in [3.05, 3.63) is 77.9 Å². The zero-order valence-electron chi connectivity index (χ0n) is 16.1. The van der Waals surface area contributed by atoms with Crippen LogP contribution in [0, 0.1) is 0 Å². The Hall–Kier alpha value is -3.05. The third-order valence-corrected chi connectivity index (χ3v) is 4.96. The average Bonchev–Trinajstić information content (AvgIpc) is 2.76. The lowest BCUT2D eigenvalue weighted by molar-refractivity contribution is 0.324. The largest absolute Gasteiger partial charge is 0.493 e. The normalized spacial score (nSPS) is 10.7. The number of anilines is 1. The highest BCUT2D eigenvalue weighted by Gasteiger charge is 2.12. The standard InChI is InChI=1S/C23H23NO3S/c1-25-21-15-17(16-22(26-2)23(21)27-3)13-14-18-9-7-8-12-20(18)24-28-19-10-5-4-6-11-19/h4-16,24H,1-3H3/b14-13-. The van der Waals surface area contributed by atoms with Gasteiger partial charge in [-0.25, -0.2) is 0 Å². The SMILES string of the molecule is COc1cc(/C=C\c2ccccc2NSc2ccccc2)cc(OC)c1OC. The third kappa shape index (κ3) is 4.81. The molecule has 0 atom stereocenters. The number of para-hydroxylation sites is 1. The second kappa shape index (κ2) is 9.76. The molecule has 0 heterocycles. The summed E-state index contributed by atoms with van der Waals surface area (Å²) in [4.78, 5) is 1.16. The maximum Gasteiger partial charge on any atom is 0.203 e. The Morgan fingerprint density at radius 1 is 0.750 bits per heavy atom. The van der Waals surface area contributed by atoms with Crippen LogP contribution in [0.15, 0.2) is 71.6 Å². The van der Waals surface area contributed by atoms with Crippen molar-refractivity contribution in [2.75, 3.05) is 26.1 Å². The van der Waals surface area contributed by atoms with Crippen LogP contribution < -0.4 is 18.9 Å². The zero-order chi connectivity index (χ0) is 19.8. The molecule has 3 rings (SSSR count). The summed E-state index contributed by atoms with van der Waals surface area (Å²) in [5.41, 5.74) is 3.08. The van der Waals surface area contributed by atoms with Gasteiger partial charge in [-0.1, -0.05) is 48.6 Å². The summed E-state index contributed by atoms with van der Waals surface area (Å²) in [5, 5.41) is 0. The van der Waals surface area contributed by atoms with Crippen molar-refractivity contribution in [2.45, 2.75) is 4.90 Å². The van der Waals surface area contributed by atoms with Gasteiger partial charge < -0.3 is 18.9 Å². The molecule has 3 aromatic rings. The molecular formula is C23H23NO3S. The first-order chi connectivity index (χ1) is 13.7. The number of methoxy groups -OCH3 is 3. The van der Waals surface area contributed by atoms with Crippen molar-refractivity contribution in [2.24, 2.45) is 0 Å². The quantitative estimate of drug-likeness (QED) is 0.375. The lowest BCUT2D eigenvalue weighted by atomic mass is 10.1. The highest BCUT2D eigenvalue weighted by Crippen LogP contribution is 2.38. The molecule has 0 spiro atoms. The molecule has 0 aromatic heterocycles. The Balaban J connectivity index is 1.83. The van der Waals surface area contributed by atoms with Crippen molar-refractivity contribution in [1.29, 1.82) is 0 Å². The van der Waals surface area contributed by atoms with Crippen molar-refractivity contribution in [1.82, 2.24) is 0 Å². The van der Waals surface area contributed by atoms with E-state index >= 15 is 0 Å². The van der Waals surface area contributed by atoms with Crippen LogP contribution in [0.2, 0.25) is 0 Å². The summed E-state index contributed by atoms with van der Waals surface area (Å²) in [6, 6.07) is 22.2. The summed E-state index contributed by atoms with van der Waals surface area (Å²) in [5.74, 6) is 1.85. The van der Waals surface area contributed by atoms with E-state index in [4.69, 9.17) is 14.2 Å². The molecule has 3 aromatic carbocycles. The molecule has 0 aliphatic rings. The van der Waals surface area contributed by atoms with Crippen molar-refractivity contribution in [3.8, 4) is 17.2 Å². The van der Waals surface area contributed by atoms with Crippen molar-refractivity contribution < 1.29 is 14.2 Å². The minimum Gasteiger partial charge on any atom is -0.493 e. The third-order valence-electron chi connectivity index (χ3n) is 4.13. The second-order valence-corrected chi connectivity index (χ2v) is 6.78. The predicted molar refractivity (Wildman–Crippen MR) is 117 cm³/mol. The summed E-state index contributed by atoms with van der Waals surface area (Å²) in [7, 11) is 4.83. The molecule has 144 valence electrons. The van der Waals surface area contributed by atoms with E-state index in [0.717, 1.165) is 21.7 Å². The van der Waals surface area contributed by atoms with Crippen LogP contribution in [0.5, 0.6) is 17.2 Å². The molecule has 0 amide bonds. The molecular weight excluding hydrogens is 370 g/mol. The van der Waals surface area contributed by atoms with E-state index in [1.165, 1.54) is 0 Å². The van der Waals surface area contributed by atoms with Crippen LogP contribution in [0.3, 0.4) is 0 Å². The van der Waals surface area contributed by atoms with E-state index in [2.05, 4.69) is 35.1 Å². The Morgan fingerprint density at radius 2 is 1.39 bits per heavy atom. The van der Waals surface area contributed by atoms with Crippen LogP contribution >= 0.6 is 11.9 Å². The van der Waals surface area contributed by atoms with Gasteiger partial charge in [0.2, 0.25) is 5.75 Å². The Labute approximate surface area is 170 Å². The Bertz CT molecular complexity index is 917. The molecule has 0 radical (unpaired) electrons. The van der Waals surface area contributed by atoms with Crippen molar-refractivity contribution in [3.63, 3.8) is 0 Å². The molecule has 0 saturated heterocycles. The molecule has 0 aliphatic heterocycles. The summed E-state index contributed by atoms with van der Waals surface area (Å²) in [6.45, 7) is 0. The number of benzene rings is 3. The smallest absolute Gasteiger partial charge is 0.203 e. The summed E-state index contributed by atoms with van der Waals surface area (Å²) >= 11 is 1.59. The molecule has 5 heteroatoms. The van der Waals surface area contributed by atoms with E-state index in [-0.39, 0.29) is 0 Å². The maximum absolute atomic E-state index is 5.43. The number of nitrogens with one attached hydrogen (secondary N) is 1. The lowest BCUT2D eigenvalue weighted by Gasteiger charge is -2.13. The average molecular weight is 394 g/mol. The Morgan fingerprint density at radius 3 is 2.04 bits per heavy atom. The van der Waals surface area contributed by atoms with Gasteiger partial charge in [-0.2, -0.15) is 0 Å². The van der Waals surface area contributed by atoms with Gasteiger partial charge in [-0.05, 0) is 53.4 Å². The van der Waals surface area contributed by atoms with Crippen LogP contribution in [0.4, 0.5) is 5.69 Å². The highest BCUT2D eigenvalue weighted by atomic mass is 32.2. The zero-order valence-corrected chi connectivity index (χ0v) is 17.0. The molecule has 0 fully saturated rings. The lowest BCUT2D eigenvalue weighted by Crippen LogP contribution is -1.95. The molecule has 0 saturated carbocycles. The van der Waals surface area contributed by atoms with Gasteiger partial charge in [0.25, 0.3) is 0 Å². The van der Waals surface area contributed by atoms with Gasteiger partial charge in [0.1, 0.15) is 0 Å².